The summed E-state index contributed by atoms with van der Waals surface area (Å²) >= 11 is 0. The van der Waals surface area contributed by atoms with E-state index in [1.165, 1.54) is 6.07 Å². The SMILES string of the molecule is NCCc1cccc(C(=O)Nc2ccc(F)c(F)c2)c1. The van der Waals surface area contributed by atoms with Crippen LogP contribution in [0.25, 0.3) is 0 Å². The molecule has 0 heterocycles. The second-order valence-electron chi connectivity index (χ2n) is 4.32. The van der Waals surface area contributed by atoms with Gasteiger partial charge in [0, 0.05) is 17.3 Å². The van der Waals surface area contributed by atoms with Crippen molar-refractivity contribution < 1.29 is 13.6 Å². The first-order valence-electron chi connectivity index (χ1n) is 6.15. The van der Waals surface area contributed by atoms with E-state index in [1.54, 1.807) is 18.2 Å². The number of anilines is 1. The minimum Gasteiger partial charge on any atom is -0.330 e. The number of carbonyl (C=O) groups is 1. The van der Waals surface area contributed by atoms with Gasteiger partial charge in [-0.15, -0.1) is 0 Å². The second kappa shape index (κ2) is 6.25. The zero-order valence-electron chi connectivity index (χ0n) is 10.7. The molecule has 2 aromatic rings. The van der Waals surface area contributed by atoms with Gasteiger partial charge in [-0.05, 0) is 42.8 Å². The highest BCUT2D eigenvalue weighted by Crippen LogP contribution is 2.15. The molecule has 0 spiro atoms. The molecule has 104 valence electrons. The van der Waals surface area contributed by atoms with Crippen LogP contribution in [-0.2, 0) is 6.42 Å². The number of hydrogen-bond acceptors (Lipinski definition) is 2. The van der Waals surface area contributed by atoms with E-state index in [-0.39, 0.29) is 11.6 Å². The molecule has 0 fully saturated rings. The molecule has 20 heavy (non-hydrogen) atoms. The molecule has 0 aromatic heterocycles. The van der Waals surface area contributed by atoms with Gasteiger partial charge in [0.1, 0.15) is 0 Å². The van der Waals surface area contributed by atoms with Gasteiger partial charge < -0.3 is 11.1 Å². The van der Waals surface area contributed by atoms with Crippen LogP contribution in [0, 0.1) is 11.6 Å². The number of hydrogen-bond donors (Lipinski definition) is 2. The summed E-state index contributed by atoms with van der Waals surface area (Å²) in [5.41, 5.74) is 7.06. The van der Waals surface area contributed by atoms with Crippen molar-refractivity contribution in [1.82, 2.24) is 0 Å². The van der Waals surface area contributed by atoms with Crippen LogP contribution < -0.4 is 11.1 Å². The van der Waals surface area contributed by atoms with Crippen LogP contribution in [0.2, 0.25) is 0 Å². The van der Waals surface area contributed by atoms with Gasteiger partial charge in [0.05, 0.1) is 0 Å². The predicted molar refractivity (Wildman–Crippen MR) is 73.5 cm³/mol. The fourth-order valence-corrected chi connectivity index (χ4v) is 1.81. The van der Waals surface area contributed by atoms with Crippen LogP contribution in [0.5, 0.6) is 0 Å². The second-order valence-corrected chi connectivity index (χ2v) is 4.32. The lowest BCUT2D eigenvalue weighted by molar-refractivity contribution is 0.102. The summed E-state index contributed by atoms with van der Waals surface area (Å²) < 4.78 is 25.9. The number of halogens is 2. The highest BCUT2D eigenvalue weighted by Gasteiger charge is 2.08. The molecule has 0 atom stereocenters. The topological polar surface area (TPSA) is 55.1 Å². The van der Waals surface area contributed by atoms with E-state index in [1.807, 2.05) is 6.07 Å². The van der Waals surface area contributed by atoms with Gasteiger partial charge in [-0.1, -0.05) is 12.1 Å². The molecule has 3 nitrogen and oxygen atoms in total. The summed E-state index contributed by atoms with van der Waals surface area (Å²) in [7, 11) is 0. The molecule has 0 bridgehead atoms. The molecule has 2 aromatic carbocycles. The lowest BCUT2D eigenvalue weighted by atomic mass is 10.1. The fraction of sp³-hybridized carbons (Fsp3) is 0.133. The molecule has 0 aliphatic carbocycles. The highest BCUT2D eigenvalue weighted by atomic mass is 19.2. The summed E-state index contributed by atoms with van der Waals surface area (Å²) in [6.45, 7) is 0.494. The van der Waals surface area contributed by atoms with E-state index in [0.29, 0.717) is 18.5 Å². The van der Waals surface area contributed by atoms with Crippen molar-refractivity contribution >= 4 is 11.6 Å². The Hall–Kier alpha value is -2.27. The summed E-state index contributed by atoms with van der Waals surface area (Å²) in [6, 6.07) is 10.2. The van der Waals surface area contributed by atoms with Gasteiger partial charge in [0.15, 0.2) is 11.6 Å². The van der Waals surface area contributed by atoms with E-state index >= 15 is 0 Å². The van der Waals surface area contributed by atoms with E-state index in [0.717, 1.165) is 17.7 Å². The third-order valence-electron chi connectivity index (χ3n) is 2.80. The van der Waals surface area contributed by atoms with Crippen molar-refractivity contribution in [3.63, 3.8) is 0 Å². The Morgan fingerprint density at radius 3 is 2.60 bits per heavy atom. The van der Waals surface area contributed by atoms with Gasteiger partial charge in [-0.2, -0.15) is 0 Å². The number of nitrogens with two attached hydrogens (primary N) is 1. The zero-order chi connectivity index (χ0) is 14.5. The van der Waals surface area contributed by atoms with Crippen molar-refractivity contribution in [2.45, 2.75) is 6.42 Å². The molecule has 0 saturated carbocycles. The molecular weight excluding hydrogens is 262 g/mol. The molecule has 0 radical (unpaired) electrons. The average Bonchev–Trinajstić information content (AvgIpc) is 2.43. The number of nitrogens with one attached hydrogen (secondary N) is 1. The molecule has 0 aliphatic rings. The zero-order valence-corrected chi connectivity index (χ0v) is 10.7. The summed E-state index contributed by atoms with van der Waals surface area (Å²) in [4.78, 5) is 12.0. The smallest absolute Gasteiger partial charge is 0.255 e. The maximum Gasteiger partial charge on any atom is 0.255 e. The number of benzene rings is 2. The van der Waals surface area contributed by atoms with Gasteiger partial charge in [-0.3, -0.25) is 4.79 Å². The van der Waals surface area contributed by atoms with Crippen LogP contribution in [0.15, 0.2) is 42.5 Å². The summed E-state index contributed by atoms with van der Waals surface area (Å²) in [5, 5.41) is 2.52. The lowest BCUT2D eigenvalue weighted by Crippen LogP contribution is -2.13. The summed E-state index contributed by atoms with van der Waals surface area (Å²) in [5.74, 6) is -2.33. The first kappa shape index (κ1) is 14.1. The third kappa shape index (κ3) is 3.39. The van der Waals surface area contributed by atoms with Gasteiger partial charge in [0.2, 0.25) is 0 Å². The average molecular weight is 276 g/mol. The maximum absolute atomic E-state index is 13.1. The fourth-order valence-electron chi connectivity index (χ4n) is 1.81. The molecule has 2 rings (SSSR count). The Morgan fingerprint density at radius 2 is 1.90 bits per heavy atom. The van der Waals surface area contributed by atoms with Gasteiger partial charge in [0.25, 0.3) is 5.91 Å². The van der Waals surface area contributed by atoms with Gasteiger partial charge >= 0.3 is 0 Å². The first-order valence-corrected chi connectivity index (χ1v) is 6.15. The van der Waals surface area contributed by atoms with Crippen molar-refractivity contribution in [2.75, 3.05) is 11.9 Å². The number of amides is 1. The molecule has 0 unspecified atom stereocenters. The van der Waals surface area contributed by atoms with E-state index < -0.39 is 11.6 Å². The Balaban J connectivity index is 2.15. The minimum atomic E-state index is -1.00. The first-order chi connectivity index (χ1) is 9.60. The van der Waals surface area contributed by atoms with E-state index in [4.69, 9.17) is 5.73 Å². The lowest BCUT2D eigenvalue weighted by Gasteiger charge is -2.07. The molecule has 1 amide bonds. The molecule has 3 N–H and O–H groups in total. The van der Waals surface area contributed by atoms with Crippen LogP contribution in [0.4, 0.5) is 14.5 Å². The van der Waals surface area contributed by atoms with Crippen molar-refractivity contribution in [2.24, 2.45) is 5.73 Å². The maximum atomic E-state index is 13.1. The monoisotopic (exact) mass is 276 g/mol. The van der Waals surface area contributed by atoms with Crippen molar-refractivity contribution in [3.8, 4) is 0 Å². The quantitative estimate of drug-likeness (QED) is 0.902. The molecule has 5 heteroatoms. The predicted octanol–water partition coefficient (Wildman–Crippen LogP) is 2.72. The van der Waals surface area contributed by atoms with Crippen LogP contribution in [0.1, 0.15) is 15.9 Å². The number of carbonyl (C=O) groups excluding carboxylic acids is 1. The Morgan fingerprint density at radius 1 is 1.10 bits per heavy atom. The third-order valence-corrected chi connectivity index (χ3v) is 2.80. The normalized spacial score (nSPS) is 10.3. The largest absolute Gasteiger partial charge is 0.330 e. The van der Waals surface area contributed by atoms with Crippen LogP contribution in [0.3, 0.4) is 0 Å². The van der Waals surface area contributed by atoms with Crippen LogP contribution in [-0.4, -0.2) is 12.5 Å². The standard InChI is InChI=1S/C15H14F2N2O/c16-13-5-4-12(9-14(13)17)19-15(20)11-3-1-2-10(8-11)6-7-18/h1-5,8-9H,6-7,18H2,(H,19,20). The minimum absolute atomic E-state index is 0.207. The molecule has 0 saturated heterocycles. The number of rotatable bonds is 4. The van der Waals surface area contributed by atoms with Crippen molar-refractivity contribution in [1.29, 1.82) is 0 Å². The van der Waals surface area contributed by atoms with E-state index in [2.05, 4.69) is 5.32 Å². The Labute approximate surface area is 115 Å². The van der Waals surface area contributed by atoms with Crippen molar-refractivity contribution in [3.05, 3.63) is 65.2 Å². The van der Waals surface area contributed by atoms with E-state index in [9.17, 15) is 13.6 Å². The Bertz CT molecular complexity index is 629. The molecular formula is C15H14F2N2O. The Kier molecular flexibility index (Phi) is 4.42. The summed E-state index contributed by atoms with van der Waals surface area (Å²) in [6.07, 6.45) is 0.673. The highest BCUT2D eigenvalue weighted by molar-refractivity contribution is 6.04. The van der Waals surface area contributed by atoms with Crippen LogP contribution >= 0.6 is 0 Å². The van der Waals surface area contributed by atoms with Gasteiger partial charge in [-0.25, -0.2) is 8.78 Å². The molecule has 0 aliphatic heterocycles.